The minimum atomic E-state index is -0.293. The van der Waals surface area contributed by atoms with Crippen LogP contribution in [-0.4, -0.2) is 31.3 Å². The van der Waals surface area contributed by atoms with Crippen LogP contribution in [0.15, 0.2) is 11.6 Å². The molecule has 0 saturated carbocycles. The van der Waals surface area contributed by atoms with Crippen molar-refractivity contribution < 1.29 is 14.3 Å². The Morgan fingerprint density at radius 2 is 2.00 bits per heavy atom. The monoisotopic (exact) mass is 271 g/mol. The van der Waals surface area contributed by atoms with E-state index in [9.17, 15) is 4.79 Å². The highest BCUT2D eigenvalue weighted by Gasteiger charge is 2.26. The van der Waals surface area contributed by atoms with Crippen LogP contribution in [0.25, 0.3) is 0 Å². The molecule has 4 heteroatoms. The lowest BCUT2D eigenvalue weighted by molar-refractivity contribution is -0.137. The Hall–Kier alpha value is -0.870. The van der Waals surface area contributed by atoms with Crippen molar-refractivity contribution in [1.29, 1.82) is 0 Å². The number of carbonyl (C=O) groups is 1. The van der Waals surface area contributed by atoms with Crippen LogP contribution in [0.4, 0.5) is 0 Å². The second-order valence-electron chi connectivity index (χ2n) is 4.48. The molecule has 4 nitrogen and oxygen atoms in total. The minimum Gasteiger partial charge on any atom is -0.466 e. The van der Waals surface area contributed by atoms with Gasteiger partial charge in [0.1, 0.15) is 0 Å². The fourth-order valence-electron chi connectivity index (χ4n) is 2.17. The van der Waals surface area contributed by atoms with E-state index in [0.29, 0.717) is 12.0 Å². The first-order chi connectivity index (χ1) is 9.10. The molecule has 0 unspecified atom stereocenters. The van der Waals surface area contributed by atoms with E-state index in [1.165, 1.54) is 7.11 Å². The average molecular weight is 271 g/mol. The quantitative estimate of drug-likeness (QED) is 0.781. The first kappa shape index (κ1) is 18.1. The SMILES string of the molecule is CC.CCC(CC)O[C@@H]1CC(C(=O)OC)=C[C@H](N)C1. The van der Waals surface area contributed by atoms with Crippen LogP contribution in [0.2, 0.25) is 0 Å². The molecule has 0 spiro atoms. The smallest absolute Gasteiger partial charge is 0.333 e. The zero-order valence-electron chi connectivity index (χ0n) is 12.9. The van der Waals surface area contributed by atoms with E-state index in [1.54, 1.807) is 6.08 Å². The number of hydrogen-bond acceptors (Lipinski definition) is 4. The molecule has 0 aromatic carbocycles. The number of nitrogens with two attached hydrogens (primary N) is 1. The van der Waals surface area contributed by atoms with E-state index in [2.05, 4.69) is 13.8 Å². The summed E-state index contributed by atoms with van der Waals surface area (Å²) >= 11 is 0. The Bertz CT molecular complexity index is 285. The molecule has 0 heterocycles. The predicted octanol–water partition coefficient (Wildman–Crippen LogP) is 2.81. The number of carbonyl (C=O) groups excluding carboxylic acids is 1. The van der Waals surface area contributed by atoms with E-state index < -0.39 is 0 Å². The lowest BCUT2D eigenvalue weighted by Crippen LogP contribution is -2.34. The molecular weight excluding hydrogens is 242 g/mol. The van der Waals surface area contributed by atoms with Gasteiger partial charge in [-0.05, 0) is 19.3 Å². The molecule has 0 radical (unpaired) electrons. The third-order valence-corrected chi connectivity index (χ3v) is 3.14. The van der Waals surface area contributed by atoms with Crippen LogP contribution in [-0.2, 0) is 14.3 Å². The van der Waals surface area contributed by atoms with Crippen molar-refractivity contribution >= 4 is 5.97 Å². The van der Waals surface area contributed by atoms with Crippen LogP contribution in [0.5, 0.6) is 0 Å². The third kappa shape index (κ3) is 6.21. The van der Waals surface area contributed by atoms with Gasteiger partial charge in [-0.3, -0.25) is 0 Å². The van der Waals surface area contributed by atoms with Gasteiger partial charge in [0.05, 0.1) is 19.3 Å². The van der Waals surface area contributed by atoms with Crippen molar-refractivity contribution in [2.45, 2.75) is 71.6 Å². The highest BCUT2D eigenvalue weighted by atomic mass is 16.5. The molecule has 1 aliphatic rings. The predicted molar refractivity (Wildman–Crippen MR) is 77.9 cm³/mol. The Balaban J connectivity index is 0.00000154. The molecule has 0 bridgehead atoms. The summed E-state index contributed by atoms with van der Waals surface area (Å²) in [4.78, 5) is 11.5. The molecule has 2 N–H and O–H groups in total. The number of hydrogen-bond donors (Lipinski definition) is 1. The normalized spacial score (nSPS) is 22.4. The molecule has 0 fully saturated rings. The van der Waals surface area contributed by atoms with Gasteiger partial charge in [0.2, 0.25) is 0 Å². The van der Waals surface area contributed by atoms with Gasteiger partial charge in [0, 0.05) is 18.0 Å². The van der Waals surface area contributed by atoms with Crippen LogP contribution < -0.4 is 5.73 Å². The fraction of sp³-hybridized carbons (Fsp3) is 0.800. The lowest BCUT2D eigenvalue weighted by atomic mass is 9.93. The molecule has 112 valence electrons. The number of rotatable bonds is 5. The van der Waals surface area contributed by atoms with Gasteiger partial charge in [-0.2, -0.15) is 0 Å². The molecule has 1 aliphatic carbocycles. The van der Waals surface area contributed by atoms with E-state index in [4.69, 9.17) is 15.2 Å². The maximum absolute atomic E-state index is 11.5. The number of methoxy groups -OCH3 is 1. The third-order valence-electron chi connectivity index (χ3n) is 3.14. The molecular formula is C15H29NO3. The van der Waals surface area contributed by atoms with E-state index >= 15 is 0 Å². The summed E-state index contributed by atoms with van der Waals surface area (Å²) in [7, 11) is 1.39. The molecule has 2 atom stereocenters. The largest absolute Gasteiger partial charge is 0.466 e. The summed E-state index contributed by atoms with van der Waals surface area (Å²) in [5.74, 6) is -0.293. The second-order valence-corrected chi connectivity index (χ2v) is 4.48. The van der Waals surface area contributed by atoms with Gasteiger partial charge < -0.3 is 15.2 Å². The summed E-state index contributed by atoms with van der Waals surface area (Å²) in [6, 6.07) is -0.114. The maximum Gasteiger partial charge on any atom is 0.333 e. The first-order valence-electron chi connectivity index (χ1n) is 7.30. The zero-order valence-corrected chi connectivity index (χ0v) is 12.9. The molecule has 0 aliphatic heterocycles. The standard InChI is InChI=1S/C13H23NO3.C2H6/c1-4-11(5-2)17-12-7-9(13(15)16-3)6-10(14)8-12;1-2/h6,10-12H,4-5,7-8,14H2,1-3H3;1-2H3/t10-,12+;/m0./s1. The molecule has 0 saturated heterocycles. The second kappa shape index (κ2) is 9.98. The summed E-state index contributed by atoms with van der Waals surface area (Å²) in [5, 5.41) is 0. The van der Waals surface area contributed by atoms with Crippen molar-refractivity contribution in [2.75, 3.05) is 7.11 Å². The van der Waals surface area contributed by atoms with Gasteiger partial charge >= 0.3 is 5.97 Å². The van der Waals surface area contributed by atoms with Crippen molar-refractivity contribution in [3.8, 4) is 0 Å². The molecule has 1 rings (SSSR count). The lowest BCUT2D eigenvalue weighted by Gasteiger charge is -2.29. The minimum absolute atomic E-state index is 0.0361. The summed E-state index contributed by atoms with van der Waals surface area (Å²) in [5.41, 5.74) is 6.54. The fourth-order valence-corrected chi connectivity index (χ4v) is 2.17. The van der Waals surface area contributed by atoms with Crippen molar-refractivity contribution in [3.63, 3.8) is 0 Å². The average Bonchev–Trinajstić information content (AvgIpc) is 2.45. The zero-order chi connectivity index (χ0) is 14.8. The van der Waals surface area contributed by atoms with E-state index in [0.717, 1.165) is 19.3 Å². The summed E-state index contributed by atoms with van der Waals surface area (Å²) < 4.78 is 10.7. The summed E-state index contributed by atoms with van der Waals surface area (Å²) in [6.07, 6.45) is 5.43. The topological polar surface area (TPSA) is 61.5 Å². The van der Waals surface area contributed by atoms with E-state index in [-0.39, 0.29) is 24.2 Å². The summed E-state index contributed by atoms with van der Waals surface area (Å²) in [6.45, 7) is 8.21. The van der Waals surface area contributed by atoms with Gasteiger partial charge in [-0.25, -0.2) is 4.79 Å². The highest BCUT2D eigenvalue weighted by molar-refractivity contribution is 5.88. The first-order valence-corrected chi connectivity index (χ1v) is 7.30. The van der Waals surface area contributed by atoms with E-state index in [1.807, 2.05) is 13.8 Å². The Morgan fingerprint density at radius 1 is 1.42 bits per heavy atom. The van der Waals surface area contributed by atoms with Crippen molar-refractivity contribution in [3.05, 3.63) is 11.6 Å². The van der Waals surface area contributed by atoms with Gasteiger partial charge in [0.25, 0.3) is 0 Å². The van der Waals surface area contributed by atoms with Crippen LogP contribution in [0.3, 0.4) is 0 Å². The van der Waals surface area contributed by atoms with Crippen LogP contribution in [0.1, 0.15) is 53.4 Å². The van der Waals surface area contributed by atoms with Crippen LogP contribution >= 0.6 is 0 Å². The number of esters is 1. The van der Waals surface area contributed by atoms with Crippen molar-refractivity contribution in [2.24, 2.45) is 5.73 Å². The molecule has 0 aromatic rings. The Morgan fingerprint density at radius 3 is 2.47 bits per heavy atom. The molecule has 0 amide bonds. The van der Waals surface area contributed by atoms with Gasteiger partial charge in [-0.15, -0.1) is 0 Å². The molecule has 0 aromatic heterocycles. The maximum atomic E-state index is 11.5. The van der Waals surface area contributed by atoms with Gasteiger partial charge in [-0.1, -0.05) is 33.8 Å². The Kier molecular flexibility index (Phi) is 9.53. The Labute approximate surface area is 117 Å². The highest BCUT2D eigenvalue weighted by Crippen LogP contribution is 2.23. The van der Waals surface area contributed by atoms with Crippen LogP contribution in [0, 0.1) is 0 Å². The van der Waals surface area contributed by atoms with Crippen molar-refractivity contribution in [1.82, 2.24) is 0 Å². The number of ether oxygens (including phenoxy) is 2. The molecule has 19 heavy (non-hydrogen) atoms. The van der Waals surface area contributed by atoms with Gasteiger partial charge in [0.15, 0.2) is 0 Å².